The molecule has 2 aromatic rings. The molecule has 1 N–H and O–H groups in total. The van der Waals surface area contributed by atoms with Crippen LogP contribution in [0.5, 0.6) is 0 Å². The van der Waals surface area contributed by atoms with E-state index in [2.05, 4.69) is 33.6 Å². The molecule has 0 saturated carbocycles. The molecule has 2 heterocycles. The number of aromatic nitrogens is 3. The van der Waals surface area contributed by atoms with Crippen LogP contribution in [0.25, 0.3) is 0 Å². The van der Waals surface area contributed by atoms with E-state index in [1.54, 1.807) is 12.7 Å². The van der Waals surface area contributed by atoms with E-state index in [1.165, 1.54) is 5.56 Å². The topological polar surface area (TPSA) is 52.0 Å². The van der Waals surface area contributed by atoms with Crippen molar-refractivity contribution in [1.82, 2.24) is 14.8 Å². The fourth-order valence-electron chi connectivity index (χ4n) is 1.82. The van der Waals surface area contributed by atoms with Crippen LogP contribution < -0.4 is 5.32 Å². The number of nitrogens with zero attached hydrogens (tertiary/aromatic N) is 3. The molecular weight excluding hydrogens is 216 g/mol. The standard InChI is InChI=1S/C12H14N4O/c1-2-10(5-16-9-13-8-14-16)4-11(3-1)15-12-6-17-7-12/h1-4,8-9,12,15H,5-7H2. The second-order valence-electron chi connectivity index (χ2n) is 4.17. The molecule has 0 unspecified atom stereocenters. The van der Waals surface area contributed by atoms with Crippen molar-refractivity contribution in [2.75, 3.05) is 18.5 Å². The number of hydrogen-bond donors (Lipinski definition) is 1. The number of anilines is 1. The van der Waals surface area contributed by atoms with E-state index in [-0.39, 0.29) is 0 Å². The van der Waals surface area contributed by atoms with E-state index in [9.17, 15) is 0 Å². The summed E-state index contributed by atoms with van der Waals surface area (Å²) in [5.74, 6) is 0. The average Bonchev–Trinajstić information content (AvgIpc) is 2.77. The lowest BCUT2D eigenvalue weighted by Gasteiger charge is -2.28. The highest BCUT2D eigenvalue weighted by Crippen LogP contribution is 2.15. The molecule has 0 atom stereocenters. The normalized spacial score (nSPS) is 15.5. The summed E-state index contributed by atoms with van der Waals surface area (Å²) in [4.78, 5) is 3.93. The van der Waals surface area contributed by atoms with Crippen LogP contribution in [0.15, 0.2) is 36.9 Å². The lowest BCUT2D eigenvalue weighted by molar-refractivity contribution is 0.0211. The molecule has 1 aromatic carbocycles. The van der Waals surface area contributed by atoms with Crippen LogP contribution in [0.3, 0.4) is 0 Å². The molecule has 5 nitrogen and oxygen atoms in total. The van der Waals surface area contributed by atoms with Gasteiger partial charge in [0.2, 0.25) is 0 Å². The summed E-state index contributed by atoms with van der Waals surface area (Å²) < 4.78 is 6.95. The maximum Gasteiger partial charge on any atom is 0.137 e. The first-order valence-corrected chi connectivity index (χ1v) is 5.66. The Bertz CT molecular complexity index is 479. The van der Waals surface area contributed by atoms with Crippen LogP contribution in [0, 0.1) is 0 Å². The van der Waals surface area contributed by atoms with Gasteiger partial charge in [-0.1, -0.05) is 12.1 Å². The Kier molecular flexibility index (Phi) is 2.75. The van der Waals surface area contributed by atoms with Crippen molar-refractivity contribution >= 4 is 5.69 Å². The number of hydrogen-bond acceptors (Lipinski definition) is 4. The van der Waals surface area contributed by atoms with E-state index in [1.807, 2.05) is 10.7 Å². The van der Waals surface area contributed by atoms with Gasteiger partial charge in [-0.25, -0.2) is 9.67 Å². The van der Waals surface area contributed by atoms with Gasteiger partial charge in [0.1, 0.15) is 12.7 Å². The van der Waals surface area contributed by atoms with Crippen LogP contribution in [0.1, 0.15) is 5.56 Å². The van der Waals surface area contributed by atoms with Gasteiger partial charge in [0, 0.05) is 5.69 Å². The van der Waals surface area contributed by atoms with Gasteiger partial charge in [-0.05, 0) is 17.7 Å². The summed E-state index contributed by atoms with van der Waals surface area (Å²) in [6.07, 6.45) is 3.27. The molecule has 1 saturated heterocycles. The smallest absolute Gasteiger partial charge is 0.137 e. The molecule has 0 radical (unpaired) electrons. The lowest BCUT2D eigenvalue weighted by atomic mass is 10.1. The molecule has 3 rings (SSSR count). The van der Waals surface area contributed by atoms with Crippen molar-refractivity contribution in [3.63, 3.8) is 0 Å². The third-order valence-corrected chi connectivity index (χ3v) is 2.75. The van der Waals surface area contributed by atoms with Crippen LogP contribution in [0.2, 0.25) is 0 Å². The Morgan fingerprint density at radius 2 is 2.35 bits per heavy atom. The minimum atomic E-state index is 0.455. The van der Waals surface area contributed by atoms with Crippen molar-refractivity contribution in [3.8, 4) is 0 Å². The zero-order chi connectivity index (χ0) is 11.5. The Labute approximate surface area is 99.4 Å². The summed E-state index contributed by atoms with van der Waals surface area (Å²) >= 11 is 0. The zero-order valence-corrected chi connectivity index (χ0v) is 9.41. The molecule has 1 aliphatic rings. The van der Waals surface area contributed by atoms with Crippen molar-refractivity contribution in [3.05, 3.63) is 42.5 Å². The zero-order valence-electron chi connectivity index (χ0n) is 9.41. The first-order chi connectivity index (χ1) is 8.40. The first-order valence-electron chi connectivity index (χ1n) is 5.66. The lowest BCUT2D eigenvalue weighted by Crippen LogP contribution is -2.40. The average molecular weight is 230 g/mol. The molecule has 5 heteroatoms. The molecule has 0 amide bonds. The SMILES string of the molecule is c1cc(Cn2cncn2)cc(NC2COC2)c1. The van der Waals surface area contributed by atoms with Crippen molar-refractivity contribution < 1.29 is 4.74 Å². The van der Waals surface area contributed by atoms with E-state index >= 15 is 0 Å². The van der Waals surface area contributed by atoms with E-state index in [4.69, 9.17) is 4.74 Å². The number of nitrogens with one attached hydrogen (secondary N) is 1. The quantitative estimate of drug-likeness (QED) is 0.855. The van der Waals surface area contributed by atoms with Gasteiger partial charge in [-0.2, -0.15) is 5.10 Å². The van der Waals surface area contributed by atoms with Crippen LogP contribution in [-0.2, 0) is 11.3 Å². The van der Waals surface area contributed by atoms with Gasteiger partial charge in [-0.3, -0.25) is 0 Å². The maximum atomic E-state index is 5.14. The molecule has 1 aromatic heterocycles. The molecule has 1 fully saturated rings. The Morgan fingerprint density at radius 1 is 1.41 bits per heavy atom. The largest absolute Gasteiger partial charge is 0.378 e. The fourth-order valence-corrected chi connectivity index (χ4v) is 1.82. The number of ether oxygens (including phenoxy) is 1. The van der Waals surface area contributed by atoms with Crippen molar-refractivity contribution in [1.29, 1.82) is 0 Å². The van der Waals surface area contributed by atoms with Gasteiger partial charge in [0.15, 0.2) is 0 Å². The summed E-state index contributed by atoms with van der Waals surface area (Å²) in [6.45, 7) is 2.34. The van der Waals surface area contributed by atoms with Crippen molar-refractivity contribution in [2.24, 2.45) is 0 Å². The molecule has 0 bridgehead atoms. The molecule has 0 aliphatic carbocycles. The highest BCUT2D eigenvalue weighted by Gasteiger charge is 2.17. The monoisotopic (exact) mass is 230 g/mol. The van der Waals surface area contributed by atoms with Crippen LogP contribution >= 0.6 is 0 Å². The third kappa shape index (κ3) is 2.45. The van der Waals surface area contributed by atoms with E-state index in [0.29, 0.717) is 6.04 Å². The summed E-state index contributed by atoms with van der Waals surface area (Å²) in [7, 11) is 0. The van der Waals surface area contributed by atoms with Gasteiger partial charge in [-0.15, -0.1) is 0 Å². The molecular formula is C12H14N4O. The Balaban J connectivity index is 1.69. The first kappa shape index (κ1) is 10.3. The maximum absolute atomic E-state index is 5.14. The predicted octanol–water partition coefficient (Wildman–Crippen LogP) is 1.14. The van der Waals surface area contributed by atoms with Gasteiger partial charge in [0.05, 0.1) is 25.8 Å². The minimum absolute atomic E-state index is 0.455. The second-order valence-corrected chi connectivity index (χ2v) is 4.17. The van der Waals surface area contributed by atoms with Crippen molar-refractivity contribution in [2.45, 2.75) is 12.6 Å². The fraction of sp³-hybridized carbons (Fsp3) is 0.333. The Morgan fingerprint density at radius 3 is 3.06 bits per heavy atom. The molecule has 17 heavy (non-hydrogen) atoms. The van der Waals surface area contributed by atoms with E-state index < -0.39 is 0 Å². The molecule has 0 spiro atoms. The molecule has 88 valence electrons. The summed E-state index contributed by atoms with van der Waals surface area (Å²) in [5, 5.41) is 7.52. The van der Waals surface area contributed by atoms with Gasteiger partial charge >= 0.3 is 0 Å². The summed E-state index contributed by atoms with van der Waals surface area (Å²) in [6, 6.07) is 8.80. The van der Waals surface area contributed by atoms with Crippen LogP contribution in [0.4, 0.5) is 5.69 Å². The Hall–Kier alpha value is -1.88. The highest BCUT2D eigenvalue weighted by atomic mass is 16.5. The summed E-state index contributed by atoms with van der Waals surface area (Å²) in [5.41, 5.74) is 2.34. The van der Waals surface area contributed by atoms with Crippen LogP contribution in [-0.4, -0.2) is 34.0 Å². The highest BCUT2D eigenvalue weighted by molar-refractivity contribution is 5.46. The third-order valence-electron chi connectivity index (χ3n) is 2.75. The van der Waals surface area contributed by atoms with E-state index in [0.717, 1.165) is 25.4 Å². The van der Waals surface area contributed by atoms with Gasteiger partial charge < -0.3 is 10.1 Å². The number of rotatable bonds is 4. The number of benzene rings is 1. The molecule has 1 aliphatic heterocycles. The second kappa shape index (κ2) is 4.55. The minimum Gasteiger partial charge on any atom is -0.378 e. The predicted molar refractivity (Wildman–Crippen MR) is 63.8 cm³/mol. The van der Waals surface area contributed by atoms with Gasteiger partial charge in [0.25, 0.3) is 0 Å².